The van der Waals surface area contributed by atoms with Gasteiger partial charge in [0.2, 0.25) is 0 Å². The molecule has 4 rings (SSSR count). The number of hydrogen-bond acceptors (Lipinski definition) is 5. The van der Waals surface area contributed by atoms with Crippen molar-refractivity contribution in [2.75, 3.05) is 44.2 Å². The summed E-state index contributed by atoms with van der Waals surface area (Å²) in [6, 6.07) is 19.0. The number of piperazine rings is 1. The monoisotopic (exact) mass is 420 g/mol. The van der Waals surface area contributed by atoms with Crippen LogP contribution in [0.3, 0.4) is 0 Å². The van der Waals surface area contributed by atoms with E-state index in [1.54, 1.807) is 6.92 Å². The van der Waals surface area contributed by atoms with Crippen LogP contribution in [0.1, 0.15) is 18.5 Å². The van der Waals surface area contributed by atoms with Gasteiger partial charge >= 0.3 is 12.0 Å². The highest BCUT2D eigenvalue weighted by Crippen LogP contribution is 2.28. The number of nitrogens with one attached hydrogen (secondary N) is 2. The van der Waals surface area contributed by atoms with Crippen molar-refractivity contribution in [1.82, 2.24) is 15.5 Å². The van der Waals surface area contributed by atoms with Gasteiger partial charge in [-0.15, -0.1) is 0 Å². The van der Waals surface area contributed by atoms with Gasteiger partial charge in [-0.2, -0.15) is 0 Å². The molecule has 0 aromatic heterocycles. The van der Waals surface area contributed by atoms with Crippen molar-refractivity contribution < 1.29 is 14.3 Å². The van der Waals surface area contributed by atoms with E-state index in [0.717, 1.165) is 31.7 Å². The minimum atomic E-state index is -0.533. The third kappa shape index (κ3) is 4.88. The normalized spacial score (nSPS) is 19.6. The Morgan fingerprint density at radius 1 is 1.00 bits per heavy atom. The summed E-state index contributed by atoms with van der Waals surface area (Å²) in [6.07, 6.45) is 0. The number of anilines is 1. The van der Waals surface area contributed by atoms with Crippen molar-refractivity contribution in [3.63, 3.8) is 0 Å². The molecule has 7 heteroatoms. The van der Waals surface area contributed by atoms with Gasteiger partial charge in [0.15, 0.2) is 0 Å². The summed E-state index contributed by atoms with van der Waals surface area (Å²) in [6.45, 7) is 6.02. The summed E-state index contributed by atoms with van der Waals surface area (Å²) in [5.41, 5.74) is 3.15. The average Bonchev–Trinajstić information content (AvgIpc) is 2.80. The summed E-state index contributed by atoms with van der Waals surface area (Å²) in [5.74, 6) is -0.401. The van der Waals surface area contributed by atoms with Gasteiger partial charge in [-0.1, -0.05) is 48.5 Å². The van der Waals surface area contributed by atoms with Gasteiger partial charge in [-0.25, -0.2) is 9.59 Å². The molecular formula is C24H28N4O3. The first-order valence-electron chi connectivity index (χ1n) is 10.7. The molecule has 0 unspecified atom stereocenters. The summed E-state index contributed by atoms with van der Waals surface area (Å²) >= 11 is 0. The Labute approximate surface area is 182 Å². The maximum Gasteiger partial charge on any atom is 0.338 e. The molecule has 0 spiro atoms. The van der Waals surface area contributed by atoms with E-state index in [4.69, 9.17) is 4.74 Å². The van der Waals surface area contributed by atoms with Crippen LogP contribution < -0.4 is 15.5 Å². The first-order chi connectivity index (χ1) is 15.2. The number of carbonyl (C=O) groups is 2. The molecule has 2 heterocycles. The van der Waals surface area contributed by atoms with Crippen LogP contribution in [-0.4, -0.2) is 56.2 Å². The molecule has 2 amide bonds. The number of amides is 2. The lowest BCUT2D eigenvalue weighted by atomic mass is 9.95. The molecule has 2 aliphatic heterocycles. The van der Waals surface area contributed by atoms with Gasteiger partial charge in [-0.05, 0) is 24.6 Å². The van der Waals surface area contributed by atoms with Gasteiger partial charge in [0.05, 0.1) is 18.2 Å². The van der Waals surface area contributed by atoms with Crippen molar-refractivity contribution >= 4 is 17.7 Å². The third-order valence-corrected chi connectivity index (χ3v) is 5.66. The van der Waals surface area contributed by atoms with Crippen LogP contribution in [0, 0.1) is 0 Å². The maximum atomic E-state index is 12.9. The van der Waals surface area contributed by atoms with Gasteiger partial charge in [0.1, 0.15) is 0 Å². The van der Waals surface area contributed by atoms with Crippen molar-refractivity contribution in [1.29, 1.82) is 0 Å². The van der Waals surface area contributed by atoms with Crippen molar-refractivity contribution in [3.8, 4) is 0 Å². The quantitative estimate of drug-likeness (QED) is 0.703. The number of carbonyl (C=O) groups excluding carboxylic acids is 2. The molecule has 2 aliphatic rings. The minimum absolute atomic E-state index is 0.279. The number of esters is 1. The van der Waals surface area contributed by atoms with Gasteiger partial charge in [0, 0.05) is 44.1 Å². The largest absolute Gasteiger partial charge is 0.463 e. The van der Waals surface area contributed by atoms with Crippen LogP contribution in [-0.2, 0) is 9.53 Å². The lowest BCUT2D eigenvalue weighted by Crippen LogP contribution is -2.51. The number of para-hydroxylation sites is 1. The summed E-state index contributed by atoms with van der Waals surface area (Å²) in [7, 11) is 0. The van der Waals surface area contributed by atoms with E-state index in [0.29, 0.717) is 17.8 Å². The second-order valence-electron chi connectivity index (χ2n) is 7.65. The van der Waals surface area contributed by atoms with E-state index in [2.05, 4.69) is 32.6 Å². The van der Waals surface area contributed by atoms with Crippen molar-refractivity contribution in [2.45, 2.75) is 13.0 Å². The first-order valence-corrected chi connectivity index (χ1v) is 10.7. The fraction of sp³-hybridized carbons (Fsp3) is 0.333. The first kappa shape index (κ1) is 20.9. The molecule has 1 fully saturated rings. The van der Waals surface area contributed by atoms with Crippen LogP contribution in [0.5, 0.6) is 0 Å². The molecule has 0 aliphatic carbocycles. The molecule has 31 heavy (non-hydrogen) atoms. The van der Waals surface area contributed by atoms with Crippen molar-refractivity contribution in [2.24, 2.45) is 0 Å². The predicted octanol–water partition coefficient (Wildman–Crippen LogP) is 2.68. The van der Waals surface area contributed by atoms with Crippen LogP contribution >= 0.6 is 0 Å². The Kier molecular flexibility index (Phi) is 6.52. The van der Waals surface area contributed by atoms with Crippen LogP contribution in [0.15, 0.2) is 71.9 Å². The molecule has 7 nitrogen and oxygen atoms in total. The fourth-order valence-corrected chi connectivity index (χ4v) is 4.11. The zero-order valence-electron chi connectivity index (χ0n) is 17.7. The summed E-state index contributed by atoms with van der Waals surface area (Å²) < 4.78 is 5.35. The van der Waals surface area contributed by atoms with Crippen molar-refractivity contribution in [3.05, 3.63) is 77.5 Å². The smallest absolute Gasteiger partial charge is 0.338 e. The predicted molar refractivity (Wildman–Crippen MR) is 120 cm³/mol. The molecule has 2 aromatic carbocycles. The van der Waals surface area contributed by atoms with E-state index in [1.165, 1.54) is 5.69 Å². The lowest BCUT2D eigenvalue weighted by Gasteiger charge is -2.38. The highest BCUT2D eigenvalue weighted by molar-refractivity contribution is 5.95. The molecule has 0 bridgehead atoms. The average molecular weight is 421 g/mol. The molecule has 2 N–H and O–H groups in total. The van der Waals surface area contributed by atoms with E-state index < -0.39 is 12.0 Å². The maximum absolute atomic E-state index is 12.9. The van der Waals surface area contributed by atoms with E-state index >= 15 is 0 Å². The number of rotatable bonds is 6. The van der Waals surface area contributed by atoms with E-state index in [-0.39, 0.29) is 12.6 Å². The van der Waals surface area contributed by atoms with Crippen LogP contribution in [0.2, 0.25) is 0 Å². The third-order valence-electron chi connectivity index (χ3n) is 5.66. The van der Waals surface area contributed by atoms with Crippen LogP contribution in [0.25, 0.3) is 0 Å². The highest BCUT2D eigenvalue weighted by Gasteiger charge is 2.34. The SMILES string of the molecule is CCOC(=O)C1=C(CN2CCN(c3ccccc3)CC2)NC(=O)N[C@@H]1c1ccccc1. The summed E-state index contributed by atoms with van der Waals surface area (Å²) in [5, 5.41) is 5.75. The van der Waals surface area contributed by atoms with Crippen LogP contribution in [0.4, 0.5) is 10.5 Å². The van der Waals surface area contributed by atoms with E-state index in [9.17, 15) is 9.59 Å². The Morgan fingerprint density at radius 3 is 2.29 bits per heavy atom. The Morgan fingerprint density at radius 2 is 1.65 bits per heavy atom. The Bertz CT molecular complexity index is 938. The second-order valence-corrected chi connectivity index (χ2v) is 7.65. The number of ether oxygens (including phenoxy) is 1. The molecule has 0 radical (unpaired) electrons. The number of hydrogen-bond donors (Lipinski definition) is 2. The Balaban J connectivity index is 1.55. The molecule has 1 atom stereocenters. The minimum Gasteiger partial charge on any atom is -0.463 e. The fourth-order valence-electron chi connectivity index (χ4n) is 4.11. The summed E-state index contributed by atoms with van der Waals surface area (Å²) in [4.78, 5) is 29.9. The topological polar surface area (TPSA) is 73.9 Å². The zero-order valence-corrected chi connectivity index (χ0v) is 17.7. The van der Waals surface area contributed by atoms with Gasteiger partial charge in [-0.3, -0.25) is 4.90 Å². The molecule has 162 valence electrons. The molecule has 1 saturated heterocycles. The second kappa shape index (κ2) is 9.66. The Hall–Kier alpha value is -3.32. The molecule has 0 saturated carbocycles. The van der Waals surface area contributed by atoms with Gasteiger partial charge in [0.25, 0.3) is 0 Å². The lowest BCUT2D eigenvalue weighted by molar-refractivity contribution is -0.139. The number of benzene rings is 2. The number of urea groups is 1. The van der Waals surface area contributed by atoms with Gasteiger partial charge < -0.3 is 20.3 Å². The zero-order chi connectivity index (χ0) is 21.6. The molecular weight excluding hydrogens is 392 g/mol. The van der Waals surface area contributed by atoms with E-state index in [1.807, 2.05) is 48.5 Å². The standard InChI is InChI=1S/C24H28N4O3/c1-2-31-23(29)21-20(25-24(30)26-22(21)18-9-5-3-6-10-18)17-27-13-15-28(16-14-27)19-11-7-4-8-12-19/h3-12,22H,2,13-17H2,1H3,(H2,25,26,30)/t22-/m1/s1. The highest BCUT2D eigenvalue weighted by atomic mass is 16.5. The molecule has 2 aromatic rings. The number of nitrogens with zero attached hydrogens (tertiary/aromatic N) is 2.